The standard InChI is InChI=1S/C29H35N3O4S/c1-23-16-18-26(19-17-23)32(37(3,35)36)20-10-15-28(33)31(22-25-13-8-5-9-14-25)27(29(34)30-2)21-24-11-6-4-7-12-24/h4-9,11-14,16-19,27H,10,15,20-22H2,1-3H3,(H,30,34)/t27-/m1/s1. The highest BCUT2D eigenvalue weighted by molar-refractivity contribution is 7.92. The maximum absolute atomic E-state index is 13.6. The summed E-state index contributed by atoms with van der Waals surface area (Å²) in [6, 6.07) is 25.7. The van der Waals surface area contributed by atoms with Gasteiger partial charge in [-0.1, -0.05) is 78.4 Å². The minimum Gasteiger partial charge on any atom is -0.357 e. The Morgan fingerprint density at radius 3 is 1.97 bits per heavy atom. The van der Waals surface area contributed by atoms with E-state index in [0.717, 1.165) is 22.9 Å². The third kappa shape index (κ3) is 8.18. The van der Waals surface area contributed by atoms with Gasteiger partial charge in [-0.2, -0.15) is 0 Å². The highest BCUT2D eigenvalue weighted by Crippen LogP contribution is 2.20. The van der Waals surface area contributed by atoms with Crippen LogP contribution in [-0.2, 0) is 32.6 Å². The van der Waals surface area contributed by atoms with Gasteiger partial charge in [-0.15, -0.1) is 0 Å². The smallest absolute Gasteiger partial charge is 0.242 e. The molecule has 0 aliphatic heterocycles. The average Bonchev–Trinajstić information content (AvgIpc) is 2.89. The minimum atomic E-state index is -3.53. The van der Waals surface area contributed by atoms with E-state index in [1.807, 2.05) is 79.7 Å². The number of benzene rings is 3. The van der Waals surface area contributed by atoms with Gasteiger partial charge in [0, 0.05) is 33.0 Å². The summed E-state index contributed by atoms with van der Waals surface area (Å²) >= 11 is 0. The highest BCUT2D eigenvalue weighted by Gasteiger charge is 2.30. The Bertz CT molecular complexity index is 1260. The Morgan fingerprint density at radius 1 is 0.865 bits per heavy atom. The van der Waals surface area contributed by atoms with E-state index in [-0.39, 0.29) is 31.3 Å². The Kier molecular flexibility index (Phi) is 9.85. The molecule has 2 amide bonds. The largest absolute Gasteiger partial charge is 0.357 e. The van der Waals surface area contributed by atoms with E-state index in [2.05, 4.69) is 5.32 Å². The van der Waals surface area contributed by atoms with Gasteiger partial charge < -0.3 is 10.2 Å². The summed E-state index contributed by atoms with van der Waals surface area (Å²) in [4.78, 5) is 28.2. The van der Waals surface area contributed by atoms with Gasteiger partial charge in [-0.3, -0.25) is 13.9 Å². The number of anilines is 1. The predicted octanol–water partition coefficient (Wildman–Crippen LogP) is 3.93. The molecular weight excluding hydrogens is 486 g/mol. The SMILES string of the molecule is CNC(=O)[C@@H](Cc1ccccc1)N(Cc1ccccc1)C(=O)CCCN(c1ccc(C)cc1)S(C)(=O)=O. The monoisotopic (exact) mass is 521 g/mol. The summed E-state index contributed by atoms with van der Waals surface area (Å²) in [5, 5.41) is 2.71. The molecule has 0 unspecified atom stereocenters. The first-order chi connectivity index (χ1) is 17.7. The van der Waals surface area contributed by atoms with Gasteiger partial charge in [-0.05, 0) is 36.6 Å². The van der Waals surface area contributed by atoms with Crippen molar-refractivity contribution in [3.8, 4) is 0 Å². The normalized spacial score (nSPS) is 12.0. The van der Waals surface area contributed by atoms with E-state index in [4.69, 9.17) is 0 Å². The maximum Gasteiger partial charge on any atom is 0.242 e. The zero-order valence-electron chi connectivity index (χ0n) is 21.6. The fourth-order valence-electron chi connectivity index (χ4n) is 4.22. The summed E-state index contributed by atoms with van der Waals surface area (Å²) in [7, 11) is -1.96. The molecule has 0 fully saturated rings. The lowest BCUT2D eigenvalue weighted by atomic mass is 10.0. The fraction of sp³-hybridized carbons (Fsp3) is 0.310. The van der Waals surface area contributed by atoms with Crippen LogP contribution in [0.25, 0.3) is 0 Å². The van der Waals surface area contributed by atoms with Gasteiger partial charge in [0.1, 0.15) is 6.04 Å². The molecule has 196 valence electrons. The fourth-order valence-corrected chi connectivity index (χ4v) is 5.18. The Morgan fingerprint density at radius 2 is 1.43 bits per heavy atom. The molecular formula is C29H35N3O4S. The van der Waals surface area contributed by atoms with E-state index in [0.29, 0.717) is 18.5 Å². The van der Waals surface area contributed by atoms with Crippen molar-refractivity contribution >= 4 is 27.5 Å². The van der Waals surface area contributed by atoms with Crippen molar-refractivity contribution in [2.45, 2.75) is 38.8 Å². The molecule has 0 aliphatic carbocycles. The van der Waals surface area contributed by atoms with E-state index in [1.54, 1.807) is 24.1 Å². The molecule has 7 nitrogen and oxygen atoms in total. The number of carbonyl (C=O) groups excluding carboxylic acids is 2. The maximum atomic E-state index is 13.6. The number of sulfonamides is 1. The Balaban J connectivity index is 1.81. The predicted molar refractivity (Wildman–Crippen MR) is 148 cm³/mol. The van der Waals surface area contributed by atoms with Crippen LogP contribution in [0.5, 0.6) is 0 Å². The second-order valence-electron chi connectivity index (χ2n) is 9.10. The van der Waals surface area contributed by atoms with Crippen LogP contribution in [0.4, 0.5) is 5.69 Å². The van der Waals surface area contributed by atoms with Crippen molar-refractivity contribution < 1.29 is 18.0 Å². The summed E-state index contributed by atoms with van der Waals surface area (Å²) in [5.74, 6) is -0.448. The van der Waals surface area contributed by atoms with Crippen LogP contribution in [0.3, 0.4) is 0 Å². The molecule has 0 aliphatic rings. The van der Waals surface area contributed by atoms with Crippen molar-refractivity contribution in [2.24, 2.45) is 0 Å². The molecule has 0 saturated heterocycles. The zero-order chi connectivity index (χ0) is 26.8. The Labute approximate surface area is 220 Å². The van der Waals surface area contributed by atoms with Gasteiger partial charge in [-0.25, -0.2) is 8.42 Å². The van der Waals surface area contributed by atoms with Gasteiger partial charge in [0.05, 0.1) is 11.9 Å². The van der Waals surface area contributed by atoms with Crippen LogP contribution in [0.2, 0.25) is 0 Å². The van der Waals surface area contributed by atoms with Gasteiger partial charge in [0.25, 0.3) is 0 Å². The first-order valence-corrected chi connectivity index (χ1v) is 14.2. The molecule has 0 heterocycles. The number of amides is 2. The number of carbonyl (C=O) groups is 2. The summed E-state index contributed by atoms with van der Waals surface area (Å²) in [6.07, 6.45) is 1.96. The van der Waals surface area contributed by atoms with Crippen molar-refractivity contribution in [2.75, 3.05) is 24.2 Å². The van der Waals surface area contributed by atoms with Gasteiger partial charge >= 0.3 is 0 Å². The molecule has 8 heteroatoms. The number of rotatable bonds is 12. The Hall–Kier alpha value is -3.65. The van der Waals surface area contributed by atoms with E-state index < -0.39 is 16.1 Å². The number of hydrogen-bond acceptors (Lipinski definition) is 4. The third-order valence-corrected chi connectivity index (χ3v) is 7.38. The average molecular weight is 522 g/mol. The molecule has 1 N–H and O–H groups in total. The highest BCUT2D eigenvalue weighted by atomic mass is 32.2. The van der Waals surface area contributed by atoms with Crippen molar-refractivity contribution in [3.05, 3.63) is 102 Å². The lowest BCUT2D eigenvalue weighted by molar-refractivity contribution is -0.141. The molecule has 37 heavy (non-hydrogen) atoms. The van der Waals surface area contributed by atoms with E-state index in [9.17, 15) is 18.0 Å². The second-order valence-corrected chi connectivity index (χ2v) is 11.0. The van der Waals surface area contributed by atoms with E-state index in [1.165, 1.54) is 4.31 Å². The van der Waals surface area contributed by atoms with Crippen molar-refractivity contribution in [3.63, 3.8) is 0 Å². The van der Waals surface area contributed by atoms with Crippen LogP contribution in [-0.4, -0.2) is 51.0 Å². The molecule has 3 rings (SSSR count). The number of nitrogens with zero attached hydrogens (tertiary/aromatic N) is 2. The van der Waals surface area contributed by atoms with Crippen LogP contribution >= 0.6 is 0 Å². The number of nitrogens with one attached hydrogen (secondary N) is 1. The van der Waals surface area contributed by atoms with Gasteiger partial charge in [0.2, 0.25) is 21.8 Å². The quantitative estimate of drug-likeness (QED) is 0.391. The minimum absolute atomic E-state index is 0.104. The van der Waals surface area contributed by atoms with Crippen LogP contribution in [0.15, 0.2) is 84.9 Å². The first-order valence-electron chi connectivity index (χ1n) is 12.3. The lowest BCUT2D eigenvalue weighted by Gasteiger charge is -2.31. The summed E-state index contributed by atoms with van der Waals surface area (Å²) in [6.45, 7) is 2.38. The van der Waals surface area contributed by atoms with Crippen LogP contribution in [0.1, 0.15) is 29.5 Å². The number of aryl methyl sites for hydroxylation is 1. The number of likely N-dealkylation sites (N-methyl/N-ethyl adjacent to an activating group) is 1. The second kappa shape index (κ2) is 13.1. The number of hydrogen-bond donors (Lipinski definition) is 1. The topological polar surface area (TPSA) is 86.8 Å². The van der Waals surface area contributed by atoms with E-state index >= 15 is 0 Å². The molecule has 3 aromatic rings. The molecule has 0 bridgehead atoms. The molecule has 0 spiro atoms. The van der Waals surface area contributed by atoms with Crippen molar-refractivity contribution in [1.29, 1.82) is 0 Å². The molecule has 0 saturated carbocycles. The summed E-state index contributed by atoms with van der Waals surface area (Å²) < 4.78 is 26.3. The van der Waals surface area contributed by atoms with Crippen LogP contribution < -0.4 is 9.62 Å². The molecule has 3 aromatic carbocycles. The molecule has 0 radical (unpaired) electrons. The zero-order valence-corrected chi connectivity index (χ0v) is 22.4. The molecule has 0 aromatic heterocycles. The van der Waals surface area contributed by atoms with Crippen molar-refractivity contribution in [1.82, 2.24) is 10.2 Å². The first kappa shape index (κ1) is 27.9. The summed E-state index contributed by atoms with van der Waals surface area (Å²) in [5.41, 5.74) is 3.46. The van der Waals surface area contributed by atoms with Gasteiger partial charge in [0.15, 0.2) is 0 Å². The third-order valence-electron chi connectivity index (χ3n) is 6.19. The molecule has 1 atom stereocenters. The lowest BCUT2D eigenvalue weighted by Crippen LogP contribution is -2.49. The van der Waals surface area contributed by atoms with Crippen LogP contribution in [0, 0.1) is 6.92 Å².